The van der Waals surface area contributed by atoms with E-state index in [-0.39, 0.29) is 31.5 Å². The number of imide groups is 1. The van der Waals surface area contributed by atoms with Crippen molar-refractivity contribution >= 4 is 41.2 Å². The molecule has 1 saturated heterocycles. The lowest BCUT2D eigenvalue weighted by atomic mass is 10.1. The molecule has 1 aliphatic heterocycles. The van der Waals surface area contributed by atoms with E-state index in [0.717, 1.165) is 16.2 Å². The Balaban J connectivity index is 1.92. The first-order valence-electron chi connectivity index (χ1n) is 8.20. The van der Waals surface area contributed by atoms with Gasteiger partial charge in [0.25, 0.3) is 5.91 Å². The van der Waals surface area contributed by atoms with Gasteiger partial charge in [-0.15, -0.1) is 0 Å². The topological polar surface area (TPSA) is 98.7 Å². The zero-order valence-corrected chi connectivity index (χ0v) is 16.0. The molecule has 0 radical (unpaired) electrons. The van der Waals surface area contributed by atoms with Crippen molar-refractivity contribution in [1.82, 2.24) is 15.5 Å². The number of thioether (sulfide) groups is 1. The van der Waals surface area contributed by atoms with Crippen LogP contribution in [0.1, 0.15) is 18.4 Å². The van der Waals surface area contributed by atoms with Crippen LogP contribution in [0.15, 0.2) is 24.3 Å². The molecule has 2 rings (SSSR count). The van der Waals surface area contributed by atoms with E-state index in [0.29, 0.717) is 11.4 Å². The Hall–Kier alpha value is -1.77. The Kier molecular flexibility index (Phi) is 7.74. The van der Waals surface area contributed by atoms with E-state index in [9.17, 15) is 19.5 Å². The van der Waals surface area contributed by atoms with Gasteiger partial charge in [0.2, 0.25) is 5.91 Å². The number of nitrogens with zero attached hydrogens (tertiary/aromatic N) is 1. The lowest BCUT2D eigenvalue weighted by Gasteiger charge is -2.17. The molecule has 1 aromatic rings. The zero-order chi connectivity index (χ0) is 19.1. The summed E-state index contributed by atoms with van der Waals surface area (Å²) in [6, 6.07) is 5.10. The van der Waals surface area contributed by atoms with Crippen LogP contribution in [0.25, 0.3) is 0 Å². The lowest BCUT2D eigenvalue weighted by molar-refractivity contribution is -0.131. The molecule has 9 heteroatoms. The van der Waals surface area contributed by atoms with Gasteiger partial charge in [0, 0.05) is 5.02 Å². The highest BCUT2D eigenvalue weighted by atomic mass is 35.5. The number of urea groups is 1. The average molecular weight is 400 g/mol. The van der Waals surface area contributed by atoms with Crippen molar-refractivity contribution in [3.8, 4) is 0 Å². The number of aliphatic hydroxyl groups excluding tert-OH is 1. The first-order valence-corrected chi connectivity index (χ1v) is 9.97. The molecule has 26 heavy (non-hydrogen) atoms. The fourth-order valence-electron chi connectivity index (χ4n) is 2.62. The third-order valence-corrected chi connectivity index (χ3v) is 4.86. The molecule has 1 fully saturated rings. The average Bonchev–Trinajstić information content (AvgIpc) is 2.86. The van der Waals surface area contributed by atoms with Gasteiger partial charge in [0.15, 0.2) is 0 Å². The molecule has 1 heterocycles. The number of aliphatic hydroxyl groups is 1. The summed E-state index contributed by atoms with van der Waals surface area (Å²) in [6.45, 7) is -0.0749. The molecule has 3 N–H and O–H groups in total. The van der Waals surface area contributed by atoms with Gasteiger partial charge < -0.3 is 15.7 Å². The summed E-state index contributed by atoms with van der Waals surface area (Å²) in [6.07, 6.45) is 2.42. The standard InChI is InChI=1S/C17H22ClN3O4S/c1-26-6-5-13(10-22)19-15(23)8-14-16(24)21(17(25)20-14)9-11-3-2-4-12(18)7-11/h2-4,7,13-14,22H,5-6,8-10H2,1H3,(H,19,23)(H,20,25). The number of benzene rings is 1. The molecule has 7 nitrogen and oxygen atoms in total. The van der Waals surface area contributed by atoms with Crippen LogP contribution in [-0.4, -0.2) is 58.6 Å². The van der Waals surface area contributed by atoms with Gasteiger partial charge in [0.05, 0.1) is 25.6 Å². The molecule has 0 saturated carbocycles. The maximum Gasteiger partial charge on any atom is 0.325 e. The van der Waals surface area contributed by atoms with E-state index in [1.54, 1.807) is 36.0 Å². The molecular weight excluding hydrogens is 378 g/mol. The number of hydrogen-bond acceptors (Lipinski definition) is 5. The first kappa shape index (κ1) is 20.5. The predicted molar refractivity (Wildman–Crippen MR) is 101 cm³/mol. The second kappa shape index (κ2) is 9.80. The Bertz CT molecular complexity index is 673. The van der Waals surface area contributed by atoms with Gasteiger partial charge >= 0.3 is 6.03 Å². The number of carbonyl (C=O) groups excluding carboxylic acids is 3. The molecular formula is C17H22ClN3O4S. The summed E-state index contributed by atoms with van der Waals surface area (Å²) >= 11 is 7.54. The normalized spacial score (nSPS) is 18.0. The second-order valence-electron chi connectivity index (χ2n) is 5.99. The van der Waals surface area contributed by atoms with Crippen LogP contribution >= 0.6 is 23.4 Å². The minimum absolute atomic E-state index is 0.0936. The molecule has 1 aromatic carbocycles. The van der Waals surface area contributed by atoms with Crippen LogP contribution < -0.4 is 10.6 Å². The van der Waals surface area contributed by atoms with Crippen molar-refractivity contribution in [3.63, 3.8) is 0 Å². The maximum atomic E-state index is 12.4. The largest absolute Gasteiger partial charge is 0.394 e. The van der Waals surface area contributed by atoms with Crippen molar-refractivity contribution in [2.75, 3.05) is 18.6 Å². The number of hydrogen-bond donors (Lipinski definition) is 3. The van der Waals surface area contributed by atoms with Crippen molar-refractivity contribution in [3.05, 3.63) is 34.9 Å². The third-order valence-electron chi connectivity index (χ3n) is 3.98. The Labute approximate surface area is 161 Å². The summed E-state index contributed by atoms with van der Waals surface area (Å²) in [4.78, 5) is 37.7. The number of carbonyl (C=O) groups is 3. The molecule has 0 spiro atoms. The fourth-order valence-corrected chi connectivity index (χ4v) is 3.36. The lowest BCUT2D eigenvalue weighted by Crippen LogP contribution is -2.42. The van der Waals surface area contributed by atoms with E-state index in [1.807, 2.05) is 6.26 Å². The van der Waals surface area contributed by atoms with E-state index in [2.05, 4.69) is 10.6 Å². The smallest absolute Gasteiger partial charge is 0.325 e. The zero-order valence-electron chi connectivity index (χ0n) is 14.4. The molecule has 0 aliphatic carbocycles. The molecule has 1 aliphatic rings. The van der Waals surface area contributed by atoms with Crippen LogP contribution in [0, 0.1) is 0 Å². The fraction of sp³-hybridized carbons (Fsp3) is 0.471. The van der Waals surface area contributed by atoms with Crippen molar-refractivity contribution in [2.45, 2.75) is 31.5 Å². The third kappa shape index (κ3) is 5.62. The van der Waals surface area contributed by atoms with Crippen LogP contribution in [0.3, 0.4) is 0 Å². The molecule has 4 amide bonds. The number of amides is 4. The van der Waals surface area contributed by atoms with E-state index >= 15 is 0 Å². The monoisotopic (exact) mass is 399 g/mol. The van der Waals surface area contributed by atoms with Crippen LogP contribution in [-0.2, 0) is 16.1 Å². The van der Waals surface area contributed by atoms with Crippen LogP contribution in [0.5, 0.6) is 0 Å². The number of halogens is 1. The quantitative estimate of drug-likeness (QED) is 0.545. The highest BCUT2D eigenvalue weighted by Gasteiger charge is 2.39. The van der Waals surface area contributed by atoms with E-state index in [4.69, 9.17) is 11.6 Å². The maximum absolute atomic E-state index is 12.4. The summed E-state index contributed by atoms with van der Waals surface area (Å²) < 4.78 is 0. The van der Waals surface area contributed by atoms with Gasteiger partial charge in [-0.1, -0.05) is 23.7 Å². The minimum Gasteiger partial charge on any atom is -0.394 e. The van der Waals surface area contributed by atoms with Crippen LogP contribution in [0.2, 0.25) is 5.02 Å². The minimum atomic E-state index is -0.901. The van der Waals surface area contributed by atoms with Crippen molar-refractivity contribution in [1.29, 1.82) is 0 Å². The SMILES string of the molecule is CSCCC(CO)NC(=O)CC1NC(=O)N(Cc2cccc(Cl)c2)C1=O. The molecule has 2 atom stereocenters. The van der Waals surface area contributed by atoms with Gasteiger partial charge in [-0.05, 0) is 36.1 Å². The van der Waals surface area contributed by atoms with Crippen molar-refractivity contribution in [2.24, 2.45) is 0 Å². The Morgan fingerprint density at radius 3 is 2.88 bits per heavy atom. The molecule has 2 unspecified atom stereocenters. The highest BCUT2D eigenvalue weighted by molar-refractivity contribution is 7.98. The summed E-state index contributed by atoms with van der Waals surface area (Å²) in [5, 5.41) is 15.0. The van der Waals surface area contributed by atoms with Gasteiger partial charge in [-0.3, -0.25) is 14.5 Å². The van der Waals surface area contributed by atoms with Gasteiger partial charge in [-0.25, -0.2) is 4.79 Å². The number of rotatable bonds is 9. The molecule has 0 aromatic heterocycles. The van der Waals surface area contributed by atoms with E-state index in [1.165, 1.54) is 0 Å². The highest BCUT2D eigenvalue weighted by Crippen LogP contribution is 2.17. The Morgan fingerprint density at radius 2 is 2.23 bits per heavy atom. The summed E-state index contributed by atoms with van der Waals surface area (Å²) in [7, 11) is 0. The van der Waals surface area contributed by atoms with Crippen LogP contribution in [0.4, 0.5) is 4.79 Å². The molecule has 142 valence electrons. The first-order chi connectivity index (χ1) is 12.4. The summed E-state index contributed by atoms with van der Waals surface area (Å²) in [5.74, 6) is -0.0268. The van der Waals surface area contributed by atoms with Gasteiger partial charge in [-0.2, -0.15) is 11.8 Å². The van der Waals surface area contributed by atoms with E-state index < -0.39 is 18.0 Å². The summed E-state index contributed by atoms with van der Waals surface area (Å²) in [5.41, 5.74) is 0.725. The second-order valence-corrected chi connectivity index (χ2v) is 7.41. The predicted octanol–water partition coefficient (Wildman–Crippen LogP) is 1.38. The van der Waals surface area contributed by atoms with Crippen molar-refractivity contribution < 1.29 is 19.5 Å². The molecule has 0 bridgehead atoms. The number of nitrogens with one attached hydrogen (secondary N) is 2. The van der Waals surface area contributed by atoms with Gasteiger partial charge in [0.1, 0.15) is 6.04 Å². The Morgan fingerprint density at radius 1 is 1.46 bits per heavy atom.